The molecule has 1 rings (SSSR count). The maximum absolute atomic E-state index is 3.70. The summed E-state index contributed by atoms with van der Waals surface area (Å²) in [4.78, 5) is 2.69. The zero-order chi connectivity index (χ0) is 13.1. The molecular weight excluding hydrogens is 208 g/mol. The Hall–Kier alpha value is -0.0800. The topological polar surface area (TPSA) is 15.3 Å². The molecule has 3 unspecified atom stereocenters. The molecule has 0 aromatic carbocycles. The highest BCUT2D eigenvalue weighted by molar-refractivity contribution is 4.90. The predicted molar refractivity (Wildman–Crippen MR) is 76.4 cm³/mol. The second-order valence-corrected chi connectivity index (χ2v) is 7.02. The second kappa shape index (κ2) is 6.19. The first-order valence-corrected chi connectivity index (χ1v) is 7.32. The van der Waals surface area contributed by atoms with Crippen LogP contribution in [0.5, 0.6) is 0 Å². The fourth-order valence-corrected chi connectivity index (χ4v) is 2.74. The molecule has 1 N–H and O–H groups in total. The molecule has 3 atom stereocenters. The van der Waals surface area contributed by atoms with Gasteiger partial charge in [0.2, 0.25) is 0 Å². The lowest BCUT2D eigenvalue weighted by molar-refractivity contribution is 0.0805. The number of hydrogen-bond donors (Lipinski definition) is 1. The Bertz CT molecular complexity index is 219. The van der Waals surface area contributed by atoms with Crippen molar-refractivity contribution in [2.45, 2.75) is 66.5 Å². The van der Waals surface area contributed by atoms with E-state index in [0.717, 1.165) is 12.5 Å². The quantitative estimate of drug-likeness (QED) is 0.812. The summed E-state index contributed by atoms with van der Waals surface area (Å²) in [6.45, 7) is 17.7. The SMILES string of the molecule is CCCC(C)CN1CC(C(C)(C)C)NCC1C. The van der Waals surface area contributed by atoms with Crippen molar-refractivity contribution in [1.82, 2.24) is 10.2 Å². The van der Waals surface area contributed by atoms with E-state index in [1.54, 1.807) is 0 Å². The fourth-order valence-electron chi connectivity index (χ4n) is 2.74. The molecule has 0 aromatic heterocycles. The minimum absolute atomic E-state index is 0.367. The summed E-state index contributed by atoms with van der Waals surface area (Å²) in [7, 11) is 0. The number of hydrogen-bond acceptors (Lipinski definition) is 2. The van der Waals surface area contributed by atoms with Crippen LogP contribution in [-0.2, 0) is 0 Å². The molecule has 2 heteroatoms. The van der Waals surface area contributed by atoms with Crippen LogP contribution in [0.15, 0.2) is 0 Å². The van der Waals surface area contributed by atoms with Gasteiger partial charge in [0.15, 0.2) is 0 Å². The first-order chi connectivity index (χ1) is 7.84. The van der Waals surface area contributed by atoms with Crippen molar-refractivity contribution in [2.75, 3.05) is 19.6 Å². The largest absolute Gasteiger partial charge is 0.311 e. The Morgan fingerprint density at radius 2 is 2.00 bits per heavy atom. The van der Waals surface area contributed by atoms with Crippen molar-refractivity contribution in [1.29, 1.82) is 0 Å². The highest BCUT2D eigenvalue weighted by atomic mass is 15.2. The molecule has 0 bridgehead atoms. The number of nitrogens with zero attached hydrogens (tertiary/aromatic N) is 1. The molecule has 102 valence electrons. The molecule has 0 aliphatic carbocycles. The van der Waals surface area contributed by atoms with Gasteiger partial charge in [-0.05, 0) is 24.7 Å². The van der Waals surface area contributed by atoms with E-state index >= 15 is 0 Å². The van der Waals surface area contributed by atoms with Gasteiger partial charge in [-0.1, -0.05) is 41.0 Å². The van der Waals surface area contributed by atoms with Crippen LogP contribution >= 0.6 is 0 Å². The maximum atomic E-state index is 3.70. The minimum atomic E-state index is 0.367. The molecule has 0 aromatic rings. The van der Waals surface area contributed by atoms with E-state index in [2.05, 4.69) is 51.8 Å². The molecule has 17 heavy (non-hydrogen) atoms. The van der Waals surface area contributed by atoms with Gasteiger partial charge in [0, 0.05) is 31.7 Å². The summed E-state index contributed by atoms with van der Waals surface area (Å²) < 4.78 is 0. The summed E-state index contributed by atoms with van der Waals surface area (Å²) >= 11 is 0. The van der Waals surface area contributed by atoms with Gasteiger partial charge in [-0.25, -0.2) is 0 Å². The smallest absolute Gasteiger partial charge is 0.0244 e. The Morgan fingerprint density at radius 3 is 2.53 bits per heavy atom. The van der Waals surface area contributed by atoms with Gasteiger partial charge in [-0.2, -0.15) is 0 Å². The Morgan fingerprint density at radius 1 is 1.35 bits per heavy atom. The first-order valence-electron chi connectivity index (χ1n) is 7.32. The van der Waals surface area contributed by atoms with Crippen LogP contribution in [0.3, 0.4) is 0 Å². The molecule has 0 saturated carbocycles. The summed E-state index contributed by atoms with van der Waals surface area (Å²) in [6.07, 6.45) is 2.67. The molecule has 0 radical (unpaired) electrons. The van der Waals surface area contributed by atoms with E-state index in [-0.39, 0.29) is 0 Å². The zero-order valence-electron chi connectivity index (χ0n) is 12.7. The third kappa shape index (κ3) is 4.59. The van der Waals surface area contributed by atoms with Crippen molar-refractivity contribution in [3.05, 3.63) is 0 Å². The van der Waals surface area contributed by atoms with Crippen LogP contribution in [0.1, 0.15) is 54.4 Å². The third-order valence-electron chi connectivity index (χ3n) is 4.07. The second-order valence-electron chi connectivity index (χ2n) is 7.02. The summed E-state index contributed by atoms with van der Waals surface area (Å²) in [6, 6.07) is 1.32. The van der Waals surface area contributed by atoms with Crippen LogP contribution in [0.4, 0.5) is 0 Å². The number of piperazine rings is 1. The van der Waals surface area contributed by atoms with Gasteiger partial charge >= 0.3 is 0 Å². The van der Waals surface area contributed by atoms with Gasteiger partial charge in [0.1, 0.15) is 0 Å². The molecule has 0 spiro atoms. The van der Waals surface area contributed by atoms with Crippen LogP contribution < -0.4 is 5.32 Å². The number of rotatable bonds is 4. The zero-order valence-corrected chi connectivity index (χ0v) is 12.7. The fraction of sp³-hybridized carbons (Fsp3) is 1.00. The molecular formula is C15H32N2. The molecule has 1 fully saturated rings. The average molecular weight is 240 g/mol. The normalized spacial score (nSPS) is 29.3. The van der Waals surface area contributed by atoms with Crippen molar-refractivity contribution in [3.63, 3.8) is 0 Å². The monoisotopic (exact) mass is 240 g/mol. The first kappa shape index (κ1) is 15.0. The lowest BCUT2D eigenvalue weighted by atomic mass is 9.84. The summed E-state index contributed by atoms with van der Waals surface area (Å²) in [5.41, 5.74) is 0.367. The highest BCUT2D eigenvalue weighted by Gasteiger charge is 2.32. The van der Waals surface area contributed by atoms with Crippen LogP contribution in [0.25, 0.3) is 0 Å². The standard InChI is InChI=1S/C15H32N2/c1-7-8-12(2)10-17-11-14(15(4,5)6)16-9-13(17)3/h12-14,16H,7-11H2,1-6H3. The summed E-state index contributed by atoms with van der Waals surface area (Å²) in [5, 5.41) is 3.70. The molecule has 1 saturated heterocycles. The summed E-state index contributed by atoms with van der Waals surface area (Å²) in [5.74, 6) is 0.834. The van der Waals surface area contributed by atoms with Gasteiger partial charge in [0.05, 0.1) is 0 Å². The predicted octanol–water partition coefficient (Wildman–Crippen LogP) is 3.13. The van der Waals surface area contributed by atoms with Crippen molar-refractivity contribution in [2.24, 2.45) is 11.3 Å². The van der Waals surface area contributed by atoms with Gasteiger partial charge in [-0.3, -0.25) is 4.90 Å². The van der Waals surface area contributed by atoms with Crippen molar-refractivity contribution >= 4 is 0 Å². The average Bonchev–Trinajstić information content (AvgIpc) is 2.20. The third-order valence-corrected chi connectivity index (χ3v) is 4.07. The molecule has 1 aliphatic rings. The van der Waals surface area contributed by atoms with Crippen LogP contribution in [-0.4, -0.2) is 36.6 Å². The van der Waals surface area contributed by atoms with E-state index in [4.69, 9.17) is 0 Å². The lowest BCUT2D eigenvalue weighted by Crippen LogP contribution is -2.60. The lowest BCUT2D eigenvalue weighted by Gasteiger charge is -2.44. The van der Waals surface area contributed by atoms with E-state index in [1.165, 1.54) is 25.9 Å². The molecule has 1 heterocycles. The minimum Gasteiger partial charge on any atom is -0.311 e. The van der Waals surface area contributed by atoms with Gasteiger partial charge < -0.3 is 5.32 Å². The molecule has 2 nitrogen and oxygen atoms in total. The maximum Gasteiger partial charge on any atom is 0.0244 e. The van der Waals surface area contributed by atoms with Gasteiger partial charge in [0.25, 0.3) is 0 Å². The molecule has 1 aliphatic heterocycles. The number of nitrogens with one attached hydrogen (secondary N) is 1. The Balaban J connectivity index is 2.52. The Kier molecular flexibility index (Phi) is 5.46. The van der Waals surface area contributed by atoms with E-state index in [0.29, 0.717) is 17.5 Å². The van der Waals surface area contributed by atoms with E-state index in [1.807, 2.05) is 0 Å². The molecule has 0 amide bonds. The van der Waals surface area contributed by atoms with Crippen LogP contribution in [0, 0.1) is 11.3 Å². The van der Waals surface area contributed by atoms with Crippen molar-refractivity contribution in [3.8, 4) is 0 Å². The highest BCUT2D eigenvalue weighted by Crippen LogP contribution is 2.24. The van der Waals surface area contributed by atoms with E-state index < -0.39 is 0 Å². The van der Waals surface area contributed by atoms with Crippen LogP contribution in [0.2, 0.25) is 0 Å². The van der Waals surface area contributed by atoms with Crippen molar-refractivity contribution < 1.29 is 0 Å². The Labute approximate surface area is 108 Å². The van der Waals surface area contributed by atoms with Gasteiger partial charge in [-0.15, -0.1) is 0 Å². The van der Waals surface area contributed by atoms with E-state index in [9.17, 15) is 0 Å².